The quantitative estimate of drug-likeness (QED) is 0.621. The molecule has 31 heavy (non-hydrogen) atoms. The number of rotatable bonds is 8. The van der Waals surface area contributed by atoms with Crippen LogP contribution >= 0.6 is 0 Å². The highest BCUT2D eigenvalue weighted by atomic mass is 16.2. The van der Waals surface area contributed by atoms with Crippen molar-refractivity contribution >= 4 is 11.8 Å². The number of aromatic nitrogens is 1. The van der Waals surface area contributed by atoms with Crippen molar-refractivity contribution < 1.29 is 9.59 Å². The largest absolute Gasteiger partial charge is 0.353 e. The molecule has 0 unspecified atom stereocenters. The number of carbonyl (C=O) groups is 2. The van der Waals surface area contributed by atoms with E-state index in [2.05, 4.69) is 24.5 Å². The van der Waals surface area contributed by atoms with Crippen molar-refractivity contribution in [3.8, 4) is 0 Å². The predicted molar refractivity (Wildman–Crippen MR) is 121 cm³/mol. The van der Waals surface area contributed by atoms with Crippen LogP contribution in [-0.4, -0.2) is 44.8 Å². The van der Waals surface area contributed by atoms with Crippen molar-refractivity contribution in [1.82, 2.24) is 14.4 Å². The van der Waals surface area contributed by atoms with Gasteiger partial charge in [-0.3, -0.25) is 9.59 Å². The molecule has 6 rings (SSSR count). The molecule has 0 aromatic carbocycles. The minimum atomic E-state index is -0.180. The van der Waals surface area contributed by atoms with Crippen molar-refractivity contribution in [2.75, 3.05) is 6.54 Å². The van der Waals surface area contributed by atoms with Crippen LogP contribution in [-0.2, 0) is 23.2 Å². The van der Waals surface area contributed by atoms with Gasteiger partial charge in [0.05, 0.1) is 12.0 Å². The van der Waals surface area contributed by atoms with E-state index >= 15 is 0 Å². The first-order valence-electron chi connectivity index (χ1n) is 12.6. The van der Waals surface area contributed by atoms with Gasteiger partial charge >= 0.3 is 0 Å². The average molecular weight is 426 g/mol. The molecule has 5 saturated carbocycles. The molecule has 0 spiro atoms. The molecule has 1 atom stereocenters. The smallest absolute Gasteiger partial charge is 0.242 e. The summed E-state index contributed by atoms with van der Waals surface area (Å²) in [5, 5.41) is 0. The third kappa shape index (κ3) is 3.93. The predicted octanol–water partition coefficient (Wildman–Crippen LogP) is 4.36. The number of carbonyl (C=O) groups excluding carboxylic acids is 2. The Balaban J connectivity index is 1.34. The van der Waals surface area contributed by atoms with Gasteiger partial charge in [-0.1, -0.05) is 6.92 Å². The van der Waals surface area contributed by atoms with Crippen molar-refractivity contribution in [3.63, 3.8) is 0 Å². The van der Waals surface area contributed by atoms with Crippen LogP contribution < -0.4 is 0 Å². The zero-order chi connectivity index (χ0) is 21.8. The fourth-order valence-electron chi connectivity index (χ4n) is 7.20. The van der Waals surface area contributed by atoms with E-state index in [4.69, 9.17) is 0 Å². The van der Waals surface area contributed by atoms with Gasteiger partial charge in [0.25, 0.3) is 0 Å². The van der Waals surface area contributed by atoms with Crippen LogP contribution in [0.3, 0.4) is 0 Å². The number of amides is 2. The second-order valence-corrected chi connectivity index (χ2v) is 11.3. The lowest BCUT2D eigenvalue weighted by Gasteiger charge is -2.57. The maximum Gasteiger partial charge on any atom is 0.242 e. The van der Waals surface area contributed by atoms with E-state index in [0.29, 0.717) is 18.5 Å². The first kappa shape index (κ1) is 21.1. The summed E-state index contributed by atoms with van der Waals surface area (Å²) in [4.78, 5) is 31.6. The van der Waals surface area contributed by atoms with Crippen LogP contribution in [0.5, 0.6) is 0 Å². The van der Waals surface area contributed by atoms with Gasteiger partial charge in [0.1, 0.15) is 6.54 Å². The molecule has 4 bridgehead atoms. The fourth-order valence-corrected chi connectivity index (χ4v) is 7.20. The van der Waals surface area contributed by atoms with Crippen molar-refractivity contribution in [2.45, 2.75) is 90.3 Å². The SMILES string of the molecule is CC[C@H](C)N(CC(=O)N(Cc1cccn1C)C1CC1)C(=O)C12CC3CC(CC(C3)C1)C2. The molecule has 5 aliphatic carbocycles. The van der Waals surface area contributed by atoms with Crippen LogP contribution in [0.25, 0.3) is 0 Å². The normalized spacial score (nSPS) is 32.2. The lowest BCUT2D eigenvalue weighted by molar-refractivity contribution is -0.162. The van der Waals surface area contributed by atoms with Crippen LogP contribution in [0.4, 0.5) is 0 Å². The number of hydrogen-bond acceptors (Lipinski definition) is 2. The van der Waals surface area contributed by atoms with Crippen LogP contribution in [0.2, 0.25) is 0 Å². The summed E-state index contributed by atoms with van der Waals surface area (Å²) in [6.45, 7) is 5.16. The topological polar surface area (TPSA) is 45.6 Å². The Hall–Kier alpha value is -1.78. The van der Waals surface area contributed by atoms with Crippen molar-refractivity contribution in [2.24, 2.45) is 30.2 Å². The molecular weight excluding hydrogens is 386 g/mol. The monoisotopic (exact) mass is 425 g/mol. The first-order valence-corrected chi connectivity index (χ1v) is 12.6. The second-order valence-electron chi connectivity index (χ2n) is 11.3. The first-order chi connectivity index (χ1) is 14.9. The molecule has 5 heteroatoms. The molecule has 0 saturated heterocycles. The molecule has 1 heterocycles. The van der Waals surface area contributed by atoms with E-state index in [1.165, 1.54) is 19.3 Å². The van der Waals surface area contributed by atoms with Gasteiger partial charge < -0.3 is 14.4 Å². The Kier molecular flexibility index (Phi) is 5.42. The molecule has 5 nitrogen and oxygen atoms in total. The lowest BCUT2D eigenvalue weighted by atomic mass is 9.49. The summed E-state index contributed by atoms with van der Waals surface area (Å²) >= 11 is 0. The zero-order valence-corrected chi connectivity index (χ0v) is 19.6. The molecule has 2 amide bonds. The van der Waals surface area contributed by atoms with Crippen molar-refractivity contribution in [3.05, 3.63) is 24.0 Å². The van der Waals surface area contributed by atoms with Crippen LogP contribution in [0.1, 0.15) is 77.3 Å². The number of aryl methyl sites for hydroxylation is 1. The third-order valence-corrected chi connectivity index (χ3v) is 8.87. The fraction of sp³-hybridized carbons (Fsp3) is 0.769. The maximum atomic E-state index is 14.1. The molecule has 0 aliphatic heterocycles. The Labute approximate surface area is 187 Å². The molecule has 0 radical (unpaired) electrons. The van der Waals surface area contributed by atoms with E-state index in [0.717, 1.165) is 62.0 Å². The molecule has 170 valence electrons. The van der Waals surface area contributed by atoms with Gasteiger partial charge in [0.15, 0.2) is 0 Å². The lowest BCUT2D eigenvalue weighted by Crippen LogP contribution is -2.57. The van der Waals surface area contributed by atoms with E-state index < -0.39 is 0 Å². The summed E-state index contributed by atoms with van der Waals surface area (Å²) in [6, 6.07) is 4.58. The molecular formula is C26H39N3O2. The highest BCUT2D eigenvalue weighted by molar-refractivity contribution is 5.89. The Bertz CT molecular complexity index is 804. The summed E-state index contributed by atoms with van der Waals surface area (Å²) in [7, 11) is 2.03. The second kappa shape index (κ2) is 7.97. The van der Waals surface area contributed by atoms with Gasteiger partial charge in [0.2, 0.25) is 11.8 Å². The van der Waals surface area contributed by atoms with E-state index in [9.17, 15) is 9.59 Å². The highest BCUT2D eigenvalue weighted by Gasteiger charge is 2.56. The molecule has 5 fully saturated rings. The maximum absolute atomic E-state index is 14.1. The van der Waals surface area contributed by atoms with E-state index in [-0.39, 0.29) is 23.9 Å². The standard InChI is InChI=1S/C26H39N3O2/c1-4-18(2)28(25(31)26-13-19-10-20(14-26)12-21(11-19)15-26)17-24(30)29(22-7-8-22)16-23-6-5-9-27(23)3/h5-6,9,18-22H,4,7-8,10-17H2,1-3H3/t18-,19?,20?,21?,26?/m0/s1. The highest BCUT2D eigenvalue weighted by Crippen LogP contribution is 2.60. The van der Waals surface area contributed by atoms with Crippen LogP contribution in [0, 0.1) is 23.2 Å². The number of nitrogens with zero attached hydrogens (tertiary/aromatic N) is 3. The Morgan fingerprint density at radius 3 is 2.23 bits per heavy atom. The summed E-state index contributed by atoms with van der Waals surface area (Å²) in [5.41, 5.74) is 0.976. The van der Waals surface area contributed by atoms with Gasteiger partial charge in [-0.05, 0) is 94.6 Å². The van der Waals surface area contributed by atoms with Crippen molar-refractivity contribution in [1.29, 1.82) is 0 Å². The molecule has 5 aliphatic rings. The van der Waals surface area contributed by atoms with E-state index in [1.807, 2.05) is 29.1 Å². The molecule has 1 aromatic heterocycles. The molecule has 1 aromatic rings. The van der Waals surface area contributed by atoms with Crippen LogP contribution in [0.15, 0.2) is 18.3 Å². The van der Waals surface area contributed by atoms with Gasteiger partial charge in [-0.2, -0.15) is 0 Å². The Morgan fingerprint density at radius 1 is 1.13 bits per heavy atom. The Morgan fingerprint density at radius 2 is 1.74 bits per heavy atom. The summed E-state index contributed by atoms with van der Waals surface area (Å²) < 4.78 is 2.09. The zero-order valence-electron chi connectivity index (χ0n) is 19.6. The molecule has 0 N–H and O–H groups in total. The minimum absolute atomic E-state index is 0.112. The number of hydrogen-bond donors (Lipinski definition) is 0. The van der Waals surface area contributed by atoms with E-state index in [1.54, 1.807) is 0 Å². The summed E-state index contributed by atoms with van der Waals surface area (Å²) in [5.74, 6) is 2.64. The minimum Gasteiger partial charge on any atom is -0.353 e. The van der Waals surface area contributed by atoms with Gasteiger partial charge in [-0.15, -0.1) is 0 Å². The summed E-state index contributed by atoms with van der Waals surface area (Å²) in [6.07, 6.45) is 12.3. The third-order valence-electron chi connectivity index (χ3n) is 8.87. The van der Waals surface area contributed by atoms with Gasteiger partial charge in [-0.25, -0.2) is 0 Å². The van der Waals surface area contributed by atoms with Gasteiger partial charge in [0, 0.05) is 31.0 Å². The average Bonchev–Trinajstić information content (AvgIpc) is 3.49.